The number of hydrogen-bond acceptors (Lipinski definition) is 4. The van der Waals surface area contributed by atoms with Crippen LogP contribution in [0.2, 0.25) is 5.02 Å². The van der Waals surface area contributed by atoms with Crippen LogP contribution in [0.1, 0.15) is 0 Å². The van der Waals surface area contributed by atoms with Gasteiger partial charge >= 0.3 is 0 Å². The molecular weight excluding hydrogens is 188 g/mol. The van der Waals surface area contributed by atoms with Crippen molar-refractivity contribution in [2.24, 2.45) is 5.84 Å². The molecule has 0 saturated heterocycles. The van der Waals surface area contributed by atoms with Gasteiger partial charge in [-0.15, -0.1) is 5.10 Å². The van der Waals surface area contributed by atoms with Crippen LogP contribution in [0.3, 0.4) is 0 Å². The zero-order valence-electron chi connectivity index (χ0n) is 6.66. The van der Waals surface area contributed by atoms with E-state index in [1.54, 1.807) is 12.3 Å². The Kier molecular flexibility index (Phi) is 2.00. The molecule has 0 amide bonds. The summed E-state index contributed by atoms with van der Waals surface area (Å²) in [5.74, 6) is 5.82. The predicted octanol–water partition coefficient (Wildman–Crippen LogP) is 1.57. The number of benzene rings is 1. The Morgan fingerprint density at radius 1 is 1.38 bits per heavy atom. The number of halogens is 1. The third-order valence-electron chi connectivity index (χ3n) is 1.76. The fourth-order valence-corrected chi connectivity index (χ4v) is 1.35. The second-order valence-corrected chi connectivity index (χ2v) is 3.01. The number of aromatic nitrogens is 2. The number of hydrazine groups is 1. The highest BCUT2D eigenvalue weighted by molar-refractivity contribution is 6.31. The molecule has 0 spiro atoms. The third-order valence-corrected chi connectivity index (χ3v) is 2.00. The molecule has 0 aliphatic carbocycles. The van der Waals surface area contributed by atoms with E-state index in [2.05, 4.69) is 15.6 Å². The normalized spacial score (nSPS) is 10.3. The summed E-state index contributed by atoms with van der Waals surface area (Å²) in [5.41, 5.74) is 2.47. The number of nitrogen functional groups attached to an aromatic ring is 1. The van der Waals surface area contributed by atoms with Crippen LogP contribution in [0.25, 0.3) is 10.8 Å². The molecule has 13 heavy (non-hydrogen) atoms. The number of hydrogen-bond donors (Lipinski definition) is 2. The maximum absolute atomic E-state index is 5.81. The SMILES string of the molecule is NNc1nncc2cc(Cl)ccc12. The number of nitrogens with one attached hydrogen (secondary N) is 1. The van der Waals surface area contributed by atoms with Gasteiger partial charge in [0.05, 0.1) is 6.20 Å². The van der Waals surface area contributed by atoms with Gasteiger partial charge in [-0.3, -0.25) is 0 Å². The molecular formula is C8H7ClN4. The van der Waals surface area contributed by atoms with Crippen molar-refractivity contribution in [2.75, 3.05) is 5.43 Å². The Hall–Kier alpha value is -1.39. The Balaban J connectivity index is 2.77. The summed E-state index contributed by atoms with van der Waals surface area (Å²) in [4.78, 5) is 0. The van der Waals surface area contributed by atoms with Gasteiger partial charge in [-0.25, -0.2) is 5.84 Å². The van der Waals surface area contributed by atoms with Crippen LogP contribution in [-0.2, 0) is 0 Å². The Labute approximate surface area is 79.7 Å². The molecule has 2 aromatic rings. The van der Waals surface area contributed by atoms with Crippen LogP contribution in [0.4, 0.5) is 5.82 Å². The average molecular weight is 195 g/mol. The molecule has 0 atom stereocenters. The zero-order valence-corrected chi connectivity index (χ0v) is 7.42. The van der Waals surface area contributed by atoms with E-state index < -0.39 is 0 Å². The summed E-state index contributed by atoms with van der Waals surface area (Å²) in [7, 11) is 0. The Morgan fingerprint density at radius 3 is 3.00 bits per heavy atom. The summed E-state index contributed by atoms with van der Waals surface area (Å²) >= 11 is 5.81. The molecule has 1 heterocycles. The highest BCUT2D eigenvalue weighted by atomic mass is 35.5. The van der Waals surface area contributed by atoms with Gasteiger partial charge in [-0.2, -0.15) is 5.10 Å². The molecule has 5 heteroatoms. The Morgan fingerprint density at radius 2 is 2.23 bits per heavy atom. The summed E-state index contributed by atoms with van der Waals surface area (Å²) in [5, 5.41) is 10.1. The summed E-state index contributed by atoms with van der Waals surface area (Å²) in [6.45, 7) is 0. The van der Waals surface area contributed by atoms with Crippen molar-refractivity contribution >= 4 is 28.2 Å². The second-order valence-electron chi connectivity index (χ2n) is 2.57. The minimum atomic E-state index is 0.550. The van der Waals surface area contributed by atoms with Crippen molar-refractivity contribution in [1.29, 1.82) is 0 Å². The van der Waals surface area contributed by atoms with Gasteiger partial charge < -0.3 is 5.43 Å². The molecule has 0 saturated carbocycles. The topological polar surface area (TPSA) is 63.8 Å². The van der Waals surface area contributed by atoms with Crippen LogP contribution >= 0.6 is 11.6 Å². The quantitative estimate of drug-likeness (QED) is 0.534. The van der Waals surface area contributed by atoms with Crippen molar-refractivity contribution in [2.45, 2.75) is 0 Å². The summed E-state index contributed by atoms with van der Waals surface area (Å²) < 4.78 is 0. The standard InChI is InChI=1S/C8H7ClN4/c9-6-1-2-7-5(3-6)4-11-13-8(7)12-10/h1-4H,10H2,(H,12,13). The van der Waals surface area contributed by atoms with E-state index >= 15 is 0 Å². The lowest BCUT2D eigenvalue weighted by Crippen LogP contribution is -2.09. The molecule has 1 aromatic heterocycles. The summed E-state index contributed by atoms with van der Waals surface area (Å²) in [6, 6.07) is 5.44. The van der Waals surface area contributed by atoms with Gasteiger partial charge in [0.2, 0.25) is 0 Å². The first kappa shape index (κ1) is 8.22. The molecule has 0 fully saturated rings. The third kappa shape index (κ3) is 1.41. The molecule has 0 bridgehead atoms. The molecule has 66 valence electrons. The van der Waals surface area contributed by atoms with Crippen molar-refractivity contribution in [3.63, 3.8) is 0 Å². The first-order chi connectivity index (χ1) is 6.31. The van der Waals surface area contributed by atoms with E-state index in [1.807, 2.05) is 12.1 Å². The van der Waals surface area contributed by atoms with E-state index in [-0.39, 0.29) is 0 Å². The van der Waals surface area contributed by atoms with Gasteiger partial charge in [-0.1, -0.05) is 11.6 Å². The minimum absolute atomic E-state index is 0.550. The fourth-order valence-electron chi connectivity index (χ4n) is 1.17. The van der Waals surface area contributed by atoms with Crippen molar-refractivity contribution in [1.82, 2.24) is 10.2 Å². The van der Waals surface area contributed by atoms with Crippen LogP contribution in [0.15, 0.2) is 24.4 Å². The number of fused-ring (bicyclic) bond motifs is 1. The largest absolute Gasteiger partial charge is 0.306 e. The van der Waals surface area contributed by atoms with Gasteiger partial charge in [-0.05, 0) is 18.2 Å². The van der Waals surface area contributed by atoms with Crippen LogP contribution in [0, 0.1) is 0 Å². The van der Waals surface area contributed by atoms with Gasteiger partial charge in [0.15, 0.2) is 5.82 Å². The minimum Gasteiger partial charge on any atom is -0.306 e. The molecule has 3 N–H and O–H groups in total. The molecule has 1 aromatic carbocycles. The first-order valence-corrected chi connectivity index (χ1v) is 4.06. The highest BCUT2D eigenvalue weighted by Crippen LogP contribution is 2.22. The second kappa shape index (κ2) is 3.16. The van der Waals surface area contributed by atoms with Crippen LogP contribution < -0.4 is 11.3 Å². The molecule has 0 aliphatic heterocycles. The monoisotopic (exact) mass is 194 g/mol. The van der Waals surface area contributed by atoms with E-state index in [0.29, 0.717) is 10.8 Å². The lowest BCUT2D eigenvalue weighted by atomic mass is 10.2. The number of anilines is 1. The maximum Gasteiger partial charge on any atom is 0.170 e. The molecule has 4 nitrogen and oxygen atoms in total. The van der Waals surface area contributed by atoms with Crippen molar-refractivity contribution < 1.29 is 0 Å². The molecule has 2 rings (SSSR count). The van der Waals surface area contributed by atoms with Crippen molar-refractivity contribution in [3.05, 3.63) is 29.4 Å². The van der Waals surface area contributed by atoms with E-state index in [1.165, 1.54) is 0 Å². The highest BCUT2D eigenvalue weighted by Gasteiger charge is 2.01. The maximum atomic E-state index is 5.81. The van der Waals surface area contributed by atoms with Crippen LogP contribution in [0.5, 0.6) is 0 Å². The fraction of sp³-hybridized carbons (Fsp3) is 0. The first-order valence-electron chi connectivity index (χ1n) is 3.69. The van der Waals surface area contributed by atoms with E-state index in [9.17, 15) is 0 Å². The van der Waals surface area contributed by atoms with Gasteiger partial charge in [0, 0.05) is 15.8 Å². The summed E-state index contributed by atoms with van der Waals surface area (Å²) in [6.07, 6.45) is 1.64. The molecule has 0 radical (unpaired) electrons. The van der Waals surface area contributed by atoms with E-state index in [4.69, 9.17) is 17.4 Å². The molecule has 0 unspecified atom stereocenters. The lowest BCUT2D eigenvalue weighted by molar-refractivity contribution is 1.04. The number of nitrogens with zero attached hydrogens (tertiary/aromatic N) is 2. The van der Waals surface area contributed by atoms with Gasteiger partial charge in [0.25, 0.3) is 0 Å². The lowest BCUT2D eigenvalue weighted by Gasteiger charge is -2.02. The molecule has 0 aliphatic rings. The Bertz CT molecular complexity index is 443. The number of nitrogens with two attached hydrogens (primary N) is 1. The zero-order chi connectivity index (χ0) is 9.26. The smallest absolute Gasteiger partial charge is 0.170 e. The van der Waals surface area contributed by atoms with Crippen molar-refractivity contribution in [3.8, 4) is 0 Å². The average Bonchev–Trinajstić information content (AvgIpc) is 2.16. The number of rotatable bonds is 1. The van der Waals surface area contributed by atoms with Crippen LogP contribution in [-0.4, -0.2) is 10.2 Å². The predicted molar refractivity (Wildman–Crippen MR) is 52.4 cm³/mol. The van der Waals surface area contributed by atoms with E-state index in [0.717, 1.165) is 10.8 Å². The van der Waals surface area contributed by atoms with Gasteiger partial charge in [0.1, 0.15) is 0 Å².